The van der Waals surface area contributed by atoms with E-state index in [-0.39, 0.29) is 10.4 Å². The van der Waals surface area contributed by atoms with Crippen LogP contribution in [0.1, 0.15) is 19.8 Å². The minimum Gasteiger partial charge on any atom is -0.498 e. The Balaban J connectivity index is 3.94. The Hall–Kier alpha value is 0.410. The van der Waals surface area contributed by atoms with Gasteiger partial charge in [-0.25, -0.2) is 0 Å². The largest absolute Gasteiger partial charge is 0.498 e. The summed E-state index contributed by atoms with van der Waals surface area (Å²) in [5.74, 6) is 0. The summed E-state index contributed by atoms with van der Waals surface area (Å²) >= 11 is 16.4. The summed E-state index contributed by atoms with van der Waals surface area (Å²) in [5.41, 5.74) is 0. The number of alkyl halides is 1. The SMILES string of the molecule is CCCC(Cl)/C(Cl)=C(/O)Cl. The number of halogens is 3. The van der Waals surface area contributed by atoms with Gasteiger partial charge in [-0.15, -0.1) is 11.6 Å². The normalized spacial score (nSPS) is 16.4. The number of aliphatic hydroxyl groups is 1. The molecule has 1 nitrogen and oxygen atoms in total. The first-order valence-corrected chi connectivity index (χ1v) is 4.17. The Morgan fingerprint density at radius 1 is 1.50 bits per heavy atom. The van der Waals surface area contributed by atoms with Crippen LogP contribution in [-0.2, 0) is 0 Å². The highest BCUT2D eigenvalue weighted by Gasteiger charge is 2.11. The van der Waals surface area contributed by atoms with Gasteiger partial charge in [0.05, 0.1) is 10.4 Å². The highest BCUT2D eigenvalue weighted by Crippen LogP contribution is 2.23. The molecule has 0 heterocycles. The second-order valence-electron chi connectivity index (χ2n) is 1.89. The van der Waals surface area contributed by atoms with E-state index in [4.69, 9.17) is 39.9 Å². The molecule has 4 heteroatoms. The minimum atomic E-state index is -0.407. The number of allylic oxidation sites excluding steroid dienone is 1. The third-order valence-electron chi connectivity index (χ3n) is 1.01. The van der Waals surface area contributed by atoms with E-state index in [0.717, 1.165) is 12.8 Å². The van der Waals surface area contributed by atoms with Gasteiger partial charge in [-0.05, 0) is 18.0 Å². The van der Waals surface area contributed by atoms with Crippen LogP contribution in [0.15, 0.2) is 10.3 Å². The van der Waals surface area contributed by atoms with Crippen molar-refractivity contribution in [3.63, 3.8) is 0 Å². The van der Waals surface area contributed by atoms with Crippen LogP contribution in [0.3, 0.4) is 0 Å². The Morgan fingerprint density at radius 2 is 2.00 bits per heavy atom. The van der Waals surface area contributed by atoms with Gasteiger partial charge in [0.15, 0.2) is 0 Å². The molecule has 0 aliphatic rings. The minimum absolute atomic E-state index is 0.130. The van der Waals surface area contributed by atoms with E-state index in [1.807, 2.05) is 6.92 Å². The molecule has 0 aromatic rings. The first-order valence-electron chi connectivity index (χ1n) is 2.97. The van der Waals surface area contributed by atoms with E-state index in [9.17, 15) is 0 Å². The van der Waals surface area contributed by atoms with Gasteiger partial charge in [0.1, 0.15) is 0 Å². The van der Waals surface area contributed by atoms with Crippen LogP contribution in [0.2, 0.25) is 0 Å². The van der Waals surface area contributed by atoms with Crippen molar-refractivity contribution in [1.29, 1.82) is 0 Å². The van der Waals surface area contributed by atoms with Crippen molar-refractivity contribution in [2.45, 2.75) is 25.1 Å². The Morgan fingerprint density at radius 3 is 2.30 bits per heavy atom. The Kier molecular flexibility index (Phi) is 5.32. The lowest BCUT2D eigenvalue weighted by molar-refractivity contribution is 0.447. The average Bonchev–Trinajstić information content (AvgIpc) is 1.87. The van der Waals surface area contributed by atoms with E-state index < -0.39 is 5.22 Å². The molecule has 0 bridgehead atoms. The lowest BCUT2D eigenvalue weighted by Crippen LogP contribution is -1.98. The number of aliphatic hydroxyl groups excluding tert-OH is 1. The molecule has 0 aromatic carbocycles. The van der Waals surface area contributed by atoms with Crippen molar-refractivity contribution in [1.82, 2.24) is 0 Å². The molecular weight excluding hydrogens is 194 g/mol. The molecule has 1 atom stereocenters. The van der Waals surface area contributed by atoms with Crippen LogP contribution in [0.25, 0.3) is 0 Å². The fraction of sp³-hybridized carbons (Fsp3) is 0.667. The summed E-state index contributed by atoms with van der Waals surface area (Å²) < 4.78 is 0. The van der Waals surface area contributed by atoms with Crippen molar-refractivity contribution >= 4 is 34.8 Å². The van der Waals surface area contributed by atoms with Gasteiger partial charge in [0, 0.05) is 0 Å². The standard InChI is InChI=1S/C6H9Cl3O/c1-2-3-4(7)5(8)6(9)10/h4,10H,2-3H2,1H3/b6-5-. The van der Waals surface area contributed by atoms with Crippen molar-refractivity contribution in [3.05, 3.63) is 10.3 Å². The zero-order chi connectivity index (χ0) is 8.15. The van der Waals surface area contributed by atoms with Crippen LogP contribution in [0.5, 0.6) is 0 Å². The lowest BCUT2D eigenvalue weighted by Gasteiger charge is -2.04. The molecule has 0 saturated heterocycles. The number of hydrogen-bond donors (Lipinski definition) is 1. The van der Waals surface area contributed by atoms with Crippen LogP contribution in [0, 0.1) is 0 Å². The van der Waals surface area contributed by atoms with Crippen LogP contribution in [-0.4, -0.2) is 10.5 Å². The molecule has 10 heavy (non-hydrogen) atoms. The summed E-state index contributed by atoms with van der Waals surface area (Å²) in [7, 11) is 0. The van der Waals surface area contributed by atoms with Gasteiger partial charge in [0.2, 0.25) is 5.22 Å². The van der Waals surface area contributed by atoms with Gasteiger partial charge >= 0.3 is 0 Å². The Bertz CT molecular complexity index is 129. The zero-order valence-electron chi connectivity index (χ0n) is 5.57. The van der Waals surface area contributed by atoms with Crippen molar-refractivity contribution < 1.29 is 5.11 Å². The molecular formula is C6H9Cl3O. The molecule has 1 unspecified atom stereocenters. The van der Waals surface area contributed by atoms with Gasteiger partial charge in [-0.3, -0.25) is 0 Å². The van der Waals surface area contributed by atoms with E-state index in [1.54, 1.807) is 0 Å². The molecule has 0 rings (SSSR count). The predicted octanol–water partition coefficient (Wildman–Crippen LogP) is 3.60. The van der Waals surface area contributed by atoms with E-state index in [2.05, 4.69) is 0 Å². The monoisotopic (exact) mass is 202 g/mol. The maximum Gasteiger partial charge on any atom is 0.200 e. The smallest absolute Gasteiger partial charge is 0.200 e. The molecule has 0 spiro atoms. The van der Waals surface area contributed by atoms with E-state index in [1.165, 1.54) is 0 Å². The Labute approximate surface area is 75.6 Å². The van der Waals surface area contributed by atoms with Gasteiger partial charge in [-0.2, -0.15) is 0 Å². The zero-order valence-corrected chi connectivity index (χ0v) is 7.84. The molecule has 0 aliphatic heterocycles. The van der Waals surface area contributed by atoms with Crippen molar-refractivity contribution in [3.8, 4) is 0 Å². The first-order chi connectivity index (χ1) is 4.59. The predicted molar refractivity (Wildman–Crippen MR) is 45.9 cm³/mol. The average molecular weight is 203 g/mol. The maximum atomic E-state index is 8.65. The topological polar surface area (TPSA) is 20.2 Å². The fourth-order valence-corrected chi connectivity index (χ4v) is 1.13. The summed E-state index contributed by atoms with van der Waals surface area (Å²) in [4.78, 5) is 0. The maximum absolute atomic E-state index is 8.65. The molecule has 60 valence electrons. The number of hydrogen-bond acceptors (Lipinski definition) is 1. The fourth-order valence-electron chi connectivity index (χ4n) is 0.509. The second kappa shape index (κ2) is 5.11. The van der Waals surface area contributed by atoms with Gasteiger partial charge < -0.3 is 5.11 Å². The summed E-state index contributed by atoms with van der Waals surface area (Å²) in [6.45, 7) is 1.98. The quantitative estimate of drug-likeness (QED) is 0.549. The van der Waals surface area contributed by atoms with Crippen LogP contribution >= 0.6 is 34.8 Å². The molecule has 0 aromatic heterocycles. The summed E-state index contributed by atoms with van der Waals surface area (Å²) in [6.07, 6.45) is 1.63. The molecule has 0 amide bonds. The van der Waals surface area contributed by atoms with Crippen molar-refractivity contribution in [2.75, 3.05) is 0 Å². The summed E-state index contributed by atoms with van der Waals surface area (Å²) in [5, 5.41) is 8.01. The van der Waals surface area contributed by atoms with Gasteiger partial charge in [0.25, 0.3) is 0 Å². The highest BCUT2D eigenvalue weighted by atomic mass is 35.5. The van der Waals surface area contributed by atoms with E-state index in [0.29, 0.717) is 0 Å². The molecule has 0 radical (unpaired) electrons. The van der Waals surface area contributed by atoms with Crippen LogP contribution < -0.4 is 0 Å². The molecule has 0 fully saturated rings. The third kappa shape index (κ3) is 3.55. The summed E-state index contributed by atoms with van der Waals surface area (Å²) in [6, 6.07) is 0. The van der Waals surface area contributed by atoms with Crippen LogP contribution in [0.4, 0.5) is 0 Å². The van der Waals surface area contributed by atoms with E-state index >= 15 is 0 Å². The lowest BCUT2D eigenvalue weighted by atomic mass is 10.2. The second-order valence-corrected chi connectivity index (χ2v) is 3.19. The molecule has 1 N–H and O–H groups in total. The molecule has 0 aliphatic carbocycles. The first kappa shape index (κ1) is 10.4. The number of rotatable bonds is 3. The van der Waals surface area contributed by atoms with Gasteiger partial charge in [-0.1, -0.05) is 24.9 Å². The third-order valence-corrected chi connectivity index (χ3v) is 2.31. The highest BCUT2D eigenvalue weighted by molar-refractivity contribution is 6.42. The molecule has 0 saturated carbocycles. The van der Waals surface area contributed by atoms with Crippen molar-refractivity contribution in [2.24, 2.45) is 0 Å².